The molecule has 224 valence electrons. The van der Waals surface area contributed by atoms with Crippen LogP contribution < -0.4 is 15.8 Å². The fourth-order valence-corrected chi connectivity index (χ4v) is 6.07. The zero-order valence-electron chi connectivity index (χ0n) is 24.8. The largest absolute Gasteiger partial charge is 0.495 e. The van der Waals surface area contributed by atoms with Crippen LogP contribution in [0.2, 0.25) is 0 Å². The number of fused-ring (bicyclic) bond motifs is 2. The first-order valence-electron chi connectivity index (χ1n) is 14.5. The molecule has 1 aliphatic rings. The third-order valence-corrected chi connectivity index (χ3v) is 8.55. The van der Waals surface area contributed by atoms with Crippen LogP contribution in [-0.2, 0) is 13.6 Å². The molecule has 6 aromatic rings. The van der Waals surface area contributed by atoms with E-state index in [0.29, 0.717) is 39.7 Å². The zero-order chi connectivity index (χ0) is 30.4. The summed E-state index contributed by atoms with van der Waals surface area (Å²) in [6, 6.07) is 9.47. The predicted molar refractivity (Wildman–Crippen MR) is 167 cm³/mol. The molecular formula is C31H33N11O2. The van der Waals surface area contributed by atoms with Crippen molar-refractivity contribution in [2.45, 2.75) is 32.4 Å². The molecule has 0 bridgehead atoms. The van der Waals surface area contributed by atoms with Crippen LogP contribution in [0.15, 0.2) is 55.2 Å². The first-order chi connectivity index (χ1) is 21.4. The lowest BCUT2D eigenvalue weighted by molar-refractivity contribution is 0.101. The van der Waals surface area contributed by atoms with Crippen molar-refractivity contribution in [2.24, 2.45) is 7.05 Å². The predicted octanol–water partition coefficient (Wildman–Crippen LogP) is 4.09. The third-order valence-electron chi connectivity index (χ3n) is 8.55. The highest BCUT2D eigenvalue weighted by molar-refractivity contribution is 6.07. The molecule has 0 saturated carbocycles. The van der Waals surface area contributed by atoms with E-state index in [4.69, 9.17) is 15.6 Å². The van der Waals surface area contributed by atoms with Crippen LogP contribution in [0.3, 0.4) is 0 Å². The number of aromatic amines is 1. The van der Waals surface area contributed by atoms with E-state index in [-0.39, 0.29) is 11.9 Å². The average Bonchev–Trinajstić information content (AvgIpc) is 3.73. The van der Waals surface area contributed by atoms with Gasteiger partial charge in [-0.15, -0.1) is 0 Å². The number of hydrogen-bond acceptors (Lipinski definition) is 9. The van der Waals surface area contributed by atoms with Gasteiger partial charge in [0.25, 0.3) is 5.91 Å². The van der Waals surface area contributed by atoms with Gasteiger partial charge in [0.05, 0.1) is 42.1 Å². The van der Waals surface area contributed by atoms with Gasteiger partial charge in [-0.05, 0) is 44.0 Å². The Balaban J connectivity index is 1.16. The van der Waals surface area contributed by atoms with Gasteiger partial charge in [0.1, 0.15) is 29.3 Å². The van der Waals surface area contributed by atoms with Crippen molar-refractivity contribution in [3.63, 3.8) is 0 Å². The molecule has 7 rings (SSSR count). The summed E-state index contributed by atoms with van der Waals surface area (Å²) < 4.78 is 9.54. The molecule has 6 heterocycles. The minimum absolute atomic E-state index is 0.165. The van der Waals surface area contributed by atoms with E-state index in [0.717, 1.165) is 54.6 Å². The number of nitrogens with zero attached hydrogens (tertiary/aromatic N) is 8. The molecule has 4 N–H and O–H groups in total. The number of aromatic nitrogens is 8. The summed E-state index contributed by atoms with van der Waals surface area (Å²) in [5.74, 6) is 0.611. The Morgan fingerprint density at radius 3 is 2.75 bits per heavy atom. The summed E-state index contributed by atoms with van der Waals surface area (Å²) in [6.07, 6.45) is 8.69. The summed E-state index contributed by atoms with van der Waals surface area (Å²) in [5, 5.41) is 16.9. The van der Waals surface area contributed by atoms with Crippen molar-refractivity contribution in [3.05, 3.63) is 72.2 Å². The van der Waals surface area contributed by atoms with Gasteiger partial charge in [0, 0.05) is 55.1 Å². The van der Waals surface area contributed by atoms with Crippen LogP contribution in [0.1, 0.15) is 40.6 Å². The number of likely N-dealkylation sites (tertiary alicyclic amines) is 1. The van der Waals surface area contributed by atoms with E-state index >= 15 is 0 Å². The molecule has 5 aromatic heterocycles. The number of rotatable bonds is 7. The standard InChI is InChI=1S/C31H33N11O2/c1-18-21(14-36-38-18)16-41-10-7-22(8-11-41)42-30-27(29(32)34-17-35-30)28(39-42)20-4-5-23(26(13-20)44-3)37-31(43)24-12-19-6-9-33-15-25(19)40(24)2/h4-6,9,12-15,17,22H,7-8,10-11,16H2,1-3H3,(H,36,38)(H,37,43)(H2,32,34,35). The Hall–Kier alpha value is -5.30. The number of H-pyrrole nitrogens is 1. The summed E-state index contributed by atoms with van der Waals surface area (Å²) in [4.78, 5) is 28.8. The van der Waals surface area contributed by atoms with E-state index in [1.807, 2.05) is 52.8 Å². The van der Waals surface area contributed by atoms with Crippen molar-refractivity contribution >= 4 is 39.3 Å². The number of nitrogen functional groups attached to an aromatic ring is 1. The van der Waals surface area contributed by atoms with E-state index in [9.17, 15) is 4.79 Å². The first-order valence-corrected chi connectivity index (χ1v) is 14.5. The van der Waals surface area contributed by atoms with Crippen molar-refractivity contribution in [1.29, 1.82) is 0 Å². The number of nitrogens with two attached hydrogens (primary N) is 1. The topological polar surface area (TPSA) is 158 Å². The van der Waals surface area contributed by atoms with Gasteiger partial charge in [-0.25, -0.2) is 14.6 Å². The second-order valence-electron chi connectivity index (χ2n) is 11.2. The number of methoxy groups -OCH3 is 1. The van der Waals surface area contributed by atoms with Crippen molar-refractivity contribution in [2.75, 3.05) is 31.2 Å². The Morgan fingerprint density at radius 1 is 1.16 bits per heavy atom. The summed E-state index contributed by atoms with van der Waals surface area (Å²) in [6.45, 7) is 4.79. The molecular weight excluding hydrogens is 558 g/mol. The molecule has 1 aliphatic heterocycles. The maximum atomic E-state index is 13.3. The van der Waals surface area contributed by atoms with E-state index in [2.05, 4.69) is 42.3 Å². The minimum Gasteiger partial charge on any atom is -0.495 e. The quantitative estimate of drug-likeness (QED) is 0.249. The van der Waals surface area contributed by atoms with Crippen LogP contribution >= 0.6 is 0 Å². The Morgan fingerprint density at radius 2 is 2.00 bits per heavy atom. The number of benzene rings is 1. The molecule has 13 nitrogen and oxygen atoms in total. The fourth-order valence-electron chi connectivity index (χ4n) is 6.07. The number of nitrogens with one attached hydrogen (secondary N) is 2. The number of anilines is 2. The molecule has 0 unspecified atom stereocenters. The van der Waals surface area contributed by atoms with E-state index in [1.54, 1.807) is 19.5 Å². The van der Waals surface area contributed by atoms with Gasteiger partial charge in [-0.1, -0.05) is 6.07 Å². The lowest BCUT2D eigenvalue weighted by atomic mass is 10.0. The average molecular weight is 592 g/mol. The van der Waals surface area contributed by atoms with Gasteiger partial charge in [0.15, 0.2) is 5.65 Å². The van der Waals surface area contributed by atoms with Gasteiger partial charge < -0.3 is 20.4 Å². The summed E-state index contributed by atoms with van der Waals surface area (Å²) >= 11 is 0. The molecule has 44 heavy (non-hydrogen) atoms. The highest BCUT2D eigenvalue weighted by Crippen LogP contribution is 2.37. The molecule has 1 saturated heterocycles. The molecule has 0 aliphatic carbocycles. The van der Waals surface area contributed by atoms with Gasteiger partial charge >= 0.3 is 0 Å². The number of pyridine rings is 1. The van der Waals surface area contributed by atoms with Crippen molar-refractivity contribution in [3.8, 4) is 17.0 Å². The highest BCUT2D eigenvalue weighted by Gasteiger charge is 2.27. The monoisotopic (exact) mass is 591 g/mol. The summed E-state index contributed by atoms with van der Waals surface area (Å²) in [7, 11) is 3.42. The number of piperidine rings is 1. The molecule has 0 radical (unpaired) electrons. The number of ether oxygens (including phenoxy) is 1. The minimum atomic E-state index is -0.253. The second-order valence-corrected chi connectivity index (χ2v) is 11.2. The number of carbonyl (C=O) groups is 1. The molecule has 0 atom stereocenters. The Labute approximate surface area is 253 Å². The van der Waals surface area contributed by atoms with E-state index in [1.165, 1.54) is 11.9 Å². The number of amides is 1. The lowest BCUT2D eigenvalue weighted by Crippen LogP contribution is -2.34. The van der Waals surface area contributed by atoms with Crippen LogP contribution in [0, 0.1) is 6.92 Å². The smallest absolute Gasteiger partial charge is 0.272 e. The van der Waals surface area contributed by atoms with Gasteiger partial charge in [-0.3, -0.25) is 19.8 Å². The maximum absolute atomic E-state index is 13.3. The summed E-state index contributed by atoms with van der Waals surface area (Å²) in [5.41, 5.74) is 12.8. The molecule has 1 fully saturated rings. The van der Waals surface area contributed by atoms with Crippen LogP contribution in [0.5, 0.6) is 5.75 Å². The van der Waals surface area contributed by atoms with Gasteiger partial charge in [-0.2, -0.15) is 10.2 Å². The third kappa shape index (κ3) is 4.80. The number of hydrogen-bond donors (Lipinski definition) is 3. The molecule has 0 spiro atoms. The van der Waals surface area contributed by atoms with E-state index < -0.39 is 0 Å². The Kier molecular flexibility index (Phi) is 6.93. The fraction of sp³-hybridized carbons (Fsp3) is 0.290. The van der Waals surface area contributed by atoms with Crippen molar-refractivity contribution in [1.82, 2.24) is 44.4 Å². The van der Waals surface area contributed by atoms with Crippen LogP contribution in [0.25, 0.3) is 33.2 Å². The van der Waals surface area contributed by atoms with Crippen molar-refractivity contribution < 1.29 is 9.53 Å². The van der Waals surface area contributed by atoms with Crippen LogP contribution in [-0.4, -0.2) is 70.5 Å². The van der Waals surface area contributed by atoms with Crippen LogP contribution in [0.4, 0.5) is 11.5 Å². The number of aryl methyl sites for hydroxylation is 2. The molecule has 1 aromatic carbocycles. The Bertz CT molecular complexity index is 2000. The lowest BCUT2D eigenvalue weighted by Gasteiger charge is -2.32. The normalized spacial score (nSPS) is 14.4. The SMILES string of the molecule is COc1cc(-c2nn(C3CCN(Cc4cn[nH]c4C)CC3)c3ncnc(N)c23)ccc1NC(=O)c1cc2ccncc2n1C. The molecule has 1 amide bonds. The second kappa shape index (κ2) is 11.1. The first kappa shape index (κ1) is 27.5. The highest BCUT2D eigenvalue weighted by atomic mass is 16.5. The van der Waals surface area contributed by atoms with Gasteiger partial charge in [0.2, 0.25) is 0 Å². The molecule has 13 heteroatoms. The number of carbonyl (C=O) groups excluding carboxylic acids is 1. The zero-order valence-corrected chi connectivity index (χ0v) is 24.8. The maximum Gasteiger partial charge on any atom is 0.272 e.